The molecule has 0 bridgehead atoms. The van der Waals surface area contributed by atoms with Crippen LogP contribution in [0.2, 0.25) is 0 Å². The lowest BCUT2D eigenvalue weighted by molar-refractivity contribution is -0.137. The third-order valence-corrected chi connectivity index (χ3v) is 7.37. The molecular formula is C27H30F3N9O. The molecule has 1 aliphatic rings. The molecule has 1 N–H and O–H groups in total. The maximum absolute atomic E-state index is 13.8. The molecule has 4 aromatic rings. The predicted molar refractivity (Wildman–Crippen MR) is 145 cm³/mol. The molecule has 10 nitrogen and oxygen atoms in total. The second kappa shape index (κ2) is 10.4. The van der Waals surface area contributed by atoms with Crippen molar-refractivity contribution in [2.45, 2.75) is 26.9 Å². The van der Waals surface area contributed by atoms with E-state index in [0.29, 0.717) is 41.4 Å². The van der Waals surface area contributed by atoms with Crippen molar-refractivity contribution in [3.8, 4) is 16.9 Å². The van der Waals surface area contributed by atoms with Gasteiger partial charge in [0.05, 0.1) is 34.9 Å². The van der Waals surface area contributed by atoms with Gasteiger partial charge in [-0.3, -0.25) is 14.5 Å². The van der Waals surface area contributed by atoms with E-state index in [1.54, 1.807) is 37.0 Å². The van der Waals surface area contributed by atoms with Crippen molar-refractivity contribution >= 4 is 17.3 Å². The van der Waals surface area contributed by atoms with Gasteiger partial charge in [-0.15, -0.1) is 5.10 Å². The van der Waals surface area contributed by atoms with E-state index in [4.69, 9.17) is 0 Å². The van der Waals surface area contributed by atoms with Gasteiger partial charge in [-0.25, -0.2) is 4.68 Å². The predicted octanol–water partition coefficient (Wildman–Crippen LogP) is 4.01. The number of anilines is 2. The van der Waals surface area contributed by atoms with Crippen LogP contribution in [0.3, 0.4) is 0 Å². The van der Waals surface area contributed by atoms with E-state index in [0.717, 1.165) is 36.5 Å². The number of pyridine rings is 1. The van der Waals surface area contributed by atoms with Gasteiger partial charge in [0.15, 0.2) is 0 Å². The molecule has 0 aliphatic carbocycles. The van der Waals surface area contributed by atoms with Crippen LogP contribution in [0, 0.1) is 20.8 Å². The van der Waals surface area contributed by atoms with E-state index in [1.807, 2.05) is 25.9 Å². The van der Waals surface area contributed by atoms with E-state index < -0.39 is 17.6 Å². The van der Waals surface area contributed by atoms with Crippen LogP contribution in [0.5, 0.6) is 0 Å². The third kappa shape index (κ3) is 5.28. The van der Waals surface area contributed by atoms with Crippen molar-refractivity contribution in [1.82, 2.24) is 34.7 Å². The largest absolute Gasteiger partial charge is 0.416 e. The Balaban J connectivity index is 1.45. The summed E-state index contributed by atoms with van der Waals surface area (Å²) in [6, 6.07) is 3.74. The average Bonchev–Trinajstić information content (AvgIpc) is 3.52. The van der Waals surface area contributed by atoms with E-state index in [2.05, 4.69) is 30.6 Å². The third-order valence-electron chi connectivity index (χ3n) is 7.37. The highest BCUT2D eigenvalue weighted by atomic mass is 19.4. The summed E-state index contributed by atoms with van der Waals surface area (Å²) in [5.41, 5.74) is 3.96. The minimum absolute atomic E-state index is 0.103. The molecule has 40 heavy (non-hydrogen) atoms. The maximum Gasteiger partial charge on any atom is 0.416 e. The maximum atomic E-state index is 13.8. The number of piperazine rings is 1. The van der Waals surface area contributed by atoms with Gasteiger partial charge in [0.2, 0.25) is 0 Å². The molecule has 13 heteroatoms. The molecule has 1 amide bonds. The topological polar surface area (TPSA) is 97.0 Å². The number of hydrogen-bond donors (Lipinski definition) is 1. The summed E-state index contributed by atoms with van der Waals surface area (Å²) in [6.07, 6.45) is 0.244. The Morgan fingerprint density at radius 3 is 2.35 bits per heavy atom. The Kier molecular flexibility index (Phi) is 7.08. The van der Waals surface area contributed by atoms with E-state index in [1.165, 1.54) is 10.9 Å². The number of benzene rings is 1. The van der Waals surface area contributed by atoms with E-state index >= 15 is 0 Å². The van der Waals surface area contributed by atoms with Crippen LogP contribution in [0.25, 0.3) is 16.9 Å². The van der Waals surface area contributed by atoms with Crippen molar-refractivity contribution in [1.29, 1.82) is 0 Å². The Hall–Kier alpha value is -4.26. The zero-order valence-electron chi connectivity index (χ0n) is 22.9. The number of hydrogen-bond acceptors (Lipinski definition) is 7. The van der Waals surface area contributed by atoms with Gasteiger partial charge < -0.3 is 15.1 Å². The van der Waals surface area contributed by atoms with Gasteiger partial charge in [-0.1, -0.05) is 5.21 Å². The van der Waals surface area contributed by atoms with Gasteiger partial charge in [-0.05, 0) is 51.6 Å². The molecule has 4 heterocycles. The Bertz CT molecular complexity index is 1570. The van der Waals surface area contributed by atoms with Gasteiger partial charge in [-0.2, -0.15) is 18.3 Å². The molecule has 0 spiro atoms. The number of carbonyl (C=O) groups is 1. The fourth-order valence-electron chi connectivity index (χ4n) is 4.70. The summed E-state index contributed by atoms with van der Waals surface area (Å²) in [7, 11) is 3.81. The SMILES string of the molecule is Cc1ncc(C(=O)Nc2cc(C(F)(F)F)cc(N3CCN(C)CC3)c2C)cc1-n1cc(-c2cnn(C)c2C)nn1. The quantitative estimate of drug-likeness (QED) is 0.399. The molecule has 1 aliphatic heterocycles. The second-order valence-corrected chi connectivity index (χ2v) is 10.1. The number of nitrogens with zero attached hydrogens (tertiary/aromatic N) is 8. The Labute approximate surface area is 229 Å². The number of aromatic nitrogens is 6. The zero-order chi connectivity index (χ0) is 28.8. The van der Waals surface area contributed by atoms with E-state index in [9.17, 15) is 18.0 Å². The Morgan fingerprint density at radius 1 is 0.975 bits per heavy atom. The molecule has 0 radical (unpaired) electrons. The number of halogens is 3. The highest BCUT2D eigenvalue weighted by Gasteiger charge is 2.33. The van der Waals surface area contributed by atoms with Gasteiger partial charge in [0, 0.05) is 62.1 Å². The smallest absolute Gasteiger partial charge is 0.369 e. The molecule has 0 unspecified atom stereocenters. The summed E-state index contributed by atoms with van der Waals surface area (Å²) >= 11 is 0. The monoisotopic (exact) mass is 553 g/mol. The van der Waals surface area contributed by atoms with Gasteiger partial charge >= 0.3 is 6.18 Å². The number of carbonyl (C=O) groups excluding carboxylic acids is 1. The lowest BCUT2D eigenvalue weighted by Gasteiger charge is -2.35. The second-order valence-electron chi connectivity index (χ2n) is 10.1. The molecule has 1 saturated heterocycles. The first-order valence-electron chi connectivity index (χ1n) is 12.8. The molecule has 5 rings (SSSR count). The lowest BCUT2D eigenvalue weighted by Crippen LogP contribution is -2.44. The number of likely N-dealkylation sites (N-methyl/N-ethyl adjacent to an activating group) is 1. The summed E-state index contributed by atoms with van der Waals surface area (Å²) in [4.78, 5) is 21.7. The van der Waals surface area contributed by atoms with E-state index in [-0.39, 0.29) is 11.3 Å². The number of amides is 1. The van der Waals surface area contributed by atoms with Gasteiger partial charge in [0.1, 0.15) is 5.69 Å². The summed E-state index contributed by atoms with van der Waals surface area (Å²) in [5, 5.41) is 15.4. The number of aryl methyl sites for hydroxylation is 2. The molecular weight excluding hydrogens is 523 g/mol. The van der Waals surface area contributed by atoms with Crippen LogP contribution in [-0.2, 0) is 13.2 Å². The first kappa shape index (κ1) is 27.3. The van der Waals surface area contributed by atoms with Crippen molar-refractivity contribution in [2.75, 3.05) is 43.4 Å². The summed E-state index contributed by atoms with van der Waals surface area (Å²) in [6.45, 7) is 8.07. The molecule has 210 valence electrons. The average molecular weight is 554 g/mol. The molecule has 1 fully saturated rings. The van der Waals surface area contributed by atoms with Crippen LogP contribution >= 0.6 is 0 Å². The molecule has 0 atom stereocenters. The standard InChI is InChI=1S/C27H30F3N9O/c1-16-22(11-20(27(28,29)30)12-24(16)38-8-6-36(4)7-9-38)33-26(40)19-10-25(17(2)31-13-19)39-15-23(34-35-39)21-14-32-37(5)18(21)3/h10-15H,6-9H2,1-5H3,(H,33,40). The Morgan fingerprint density at radius 2 is 1.70 bits per heavy atom. The van der Waals surface area contributed by atoms with Crippen LogP contribution in [0.4, 0.5) is 24.5 Å². The normalized spacial score (nSPS) is 14.6. The van der Waals surface area contributed by atoms with Crippen molar-refractivity contribution in [2.24, 2.45) is 7.05 Å². The fourth-order valence-corrected chi connectivity index (χ4v) is 4.70. The van der Waals surface area contributed by atoms with Crippen molar-refractivity contribution < 1.29 is 18.0 Å². The van der Waals surface area contributed by atoms with Crippen LogP contribution in [0.15, 0.2) is 36.8 Å². The minimum Gasteiger partial charge on any atom is -0.369 e. The first-order chi connectivity index (χ1) is 18.9. The highest BCUT2D eigenvalue weighted by molar-refractivity contribution is 6.05. The van der Waals surface area contributed by atoms with Crippen LogP contribution in [-0.4, -0.2) is 73.8 Å². The fraction of sp³-hybridized carbons (Fsp3) is 0.370. The lowest BCUT2D eigenvalue weighted by atomic mass is 10.0. The molecule has 0 saturated carbocycles. The van der Waals surface area contributed by atoms with Crippen molar-refractivity contribution in [3.05, 3.63) is 64.9 Å². The zero-order valence-corrected chi connectivity index (χ0v) is 22.9. The number of nitrogens with one attached hydrogen (secondary N) is 1. The number of rotatable bonds is 5. The van der Waals surface area contributed by atoms with Crippen LogP contribution < -0.4 is 10.2 Å². The molecule has 1 aromatic carbocycles. The minimum atomic E-state index is -4.56. The number of alkyl halides is 3. The summed E-state index contributed by atoms with van der Waals surface area (Å²) in [5.74, 6) is -0.580. The first-order valence-corrected chi connectivity index (χ1v) is 12.8. The van der Waals surface area contributed by atoms with Crippen LogP contribution in [0.1, 0.15) is 32.9 Å². The highest BCUT2D eigenvalue weighted by Crippen LogP contribution is 2.38. The summed E-state index contributed by atoms with van der Waals surface area (Å²) < 4.78 is 44.8. The van der Waals surface area contributed by atoms with Crippen molar-refractivity contribution in [3.63, 3.8) is 0 Å². The molecule has 3 aromatic heterocycles. The van der Waals surface area contributed by atoms with Gasteiger partial charge in [0.25, 0.3) is 5.91 Å².